The van der Waals surface area contributed by atoms with Gasteiger partial charge in [-0.3, -0.25) is 4.79 Å². The zero-order chi connectivity index (χ0) is 8.53. The maximum atomic E-state index is 10.7. The van der Waals surface area contributed by atoms with Gasteiger partial charge in [-0.05, 0) is 6.92 Å². The Morgan fingerprint density at radius 3 is 2.73 bits per heavy atom. The van der Waals surface area contributed by atoms with Crippen molar-refractivity contribution in [2.75, 3.05) is 26.9 Å². The van der Waals surface area contributed by atoms with Crippen molar-refractivity contribution < 1.29 is 14.3 Å². The van der Waals surface area contributed by atoms with Crippen molar-refractivity contribution in [3.63, 3.8) is 0 Å². The van der Waals surface area contributed by atoms with E-state index >= 15 is 0 Å². The van der Waals surface area contributed by atoms with Gasteiger partial charge < -0.3 is 9.47 Å². The molecule has 3 nitrogen and oxygen atoms in total. The van der Waals surface area contributed by atoms with Gasteiger partial charge in [-0.15, -0.1) is 5.92 Å². The Hall–Kier alpha value is -0.850. The Labute approximate surface area is 66.7 Å². The Morgan fingerprint density at radius 1 is 1.45 bits per heavy atom. The fraction of sp³-hybridized carbons (Fsp3) is 0.625. The summed E-state index contributed by atoms with van der Waals surface area (Å²) in [7, 11) is 1.48. The highest BCUT2D eigenvalue weighted by atomic mass is 16.5. The molecule has 0 spiro atoms. The zero-order valence-corrected chi connectivity index (χ0v) is 6.85. The third-order valence-electron chi connectivity index (χ3n) is 0.919. The molecule has 0 saturated carbocycles. The lowest BCUT2D eigenvalue weighted by molar-refractivity contribution is -0.126. The number of hydrogen-bond donors (Lipinski definition) is 0. The molecule has 0 atom stereocenters. The molecule has 0 bridgehead atoms. The molecule has 0 aliphatic heterocycles. The molecule has 0 aliphatic rings. The van der Waals surface area contributed by atoms with E-state index in [1.165, 1.54) is 7.11 Å². The van der Waals surface area contributed by atoms with Crippen LogP contribution in [0.25, 0.3) is 0 Å². The van der Waals surface area contributed by atoms with Gasteiger partial charge >= 0.3 is 0 Å². The van der Waals surface area contributed by atoms with Crippen molar-refractivity contribution in [2.45, 2.75) is 6.92 Å². The number of carbonyl (C=O) groups excluding carboxylic acids is 1. The molecule has 62 valence electrons. The van der Waals surface area contributed by atoms with Crippen LogP contribution in [0.1, 0.15) is 6.92 Å². The largest absolute Gasteiger partial charge is 0.377 e. The van der Waals surface area contributed by atoms with E-state index in [-0.39, 0.29) is 19.0 Å². The van der Waals surface area contributed by atoms with Gasteiger partial charge in [-0.2, -0.15) is 0 Å². The Bertz CT molecular complexity index is 164. The van der Waals surface area contributed by atoms with Crippen LogP contribution in [0.3, 0.4) is 0 Å². The van der Waals surface area contributed by atoms with E-state index in [4.69, 9.17) is 4.74 Å². The van der Waals surface area contributed by atoms with Crippen LogP contribution < -0.4 is 0 Å². The lowest BCUT2D eigenvalue weighted by Gasteiger charge is -1.97. The van der Waals surface area contributed by atoms with Gasteiger partial charge in [0.25, 0.3) is 0 Å². The second-order valence-electron chi connectivity index (χ2n) is 1.89. The summed E-state index contributed by atoms with van der Waals surface area (Å²) in [6.45, 7) is 2.23. The molecule has 0 heterocycles. The van der Waals surface area contributed by atoms with Crippen molar-refractivity contribution in [3.8, 4) is 11.8 Å². The van der Waals surface area contributed by atoms with E-state index in [0.717, 1.165) is 0 Å². The van der Waals surface area contributed by atoms with Crippen molar-refractivity contribution in [1.82, 2.24) is 0 Å². The van der Waals surface area contributed by atoms with E-state index in [9.17, 15) is 4.79 Å². The average molecular weight is 156 g/mol. The molecule has 0 aromatic rings. The van der Waals surface area contributed by atoms with Gasteiger partial charge in [0.15, 0.2) is 5.78 Å². The molecule has 11 heavy (non-hydrogen) atoms. The second-order valence-corrected chi connectivity index (χ2v) is 1.89. The molecule has 0 N–H and O–H groups in total. The molecule has 0 aliphatic carbocycles. The molecule has 0 unspecified atom stereocenters. The molecule has 0 saturated heterocycles. The van der Waals surface area contributed by atoms with Crippen LogP contribution in [-0.4, -0.2) is 32.7 Å². The number of ketones is 1. The number of Topliss-reactive ketones (excluding diaryl/α,β-unsaturated/α-hetero) is 1. The number of ether oxygens (including phenoxy) is 2. The summed E-state index contributed by atoms with van der Waals surface area (Å²) < 4.78 is 9.48. The highest BCUT2D eigenvalue weighted by molar-refractivity contribution is 5.80. The topological polar surface area (TPSA) is 35.5 Å². The molecule has 0 rings (SSSR count). The van der Waals surface area contributed by atoms with Crippen LogP contribution in [-0.2, 0) is 14.3 Å². The Kier molecular flexibility index (Phi) is 6.70. The van der Waals surface area contributed by atoms with Crippen LogP contribution in [0.5, 0.6) is 0 Å². The van der Waals surface area contributed by atoms with Crippen molar-refractivity contribution in [2.24, 2.45) is 0 Å². The average Bonchev–Trinajstić information content (AvgIpc) is 1.99. The van der Waals surface area contributed by atoms with Gasteiger partial charge in [0.05, 0.1) is 0 Å². The van der Waals surface area contributed by atoms with Crippen molar-refractivity contribution in [1.29, 1.82) is 0 Å². The van der Waals surface area contributed by atoms with Gasteiger partial charge in [-0.1, -0.05) is 5.92 Å². The molecule has 0 aromatic carbocycles. The SMILES string of the molecule is CC#CCOCC(=O)COC. The molecular weight excluding hydrogens is 144 g/mol. The third kappa shape index (κ3) is 7.04. The minimum atomic E-state index is -0.0644. The third-order valence-corrected chi connectivity index (χ3v) is 0.919. The van der Waals surface area contributed by atoms with Gasteiger partial charge in [0, 0.05) is 7.11 Å². The van der Waals surface area contributed by atoms with Gasteiger partial charge in [-0.25, -0.2) is 0 Å². The maximum Gasteiger partial charge on any atom is 0.184 e. The summed E-state index contributed by atoms with van der Waals surface area (Å²) in [5.41, 5.74) is 0. The van der Waals surface area contributed by atoms with Gasteiger partial charge in [0.2, 0.25) is 0 Å². The number of hydrogen-bond acceptors (Lipinski definition) is 3. The summed E-state index contributed by atoms with van der Waals surface area (Å²) in [6.07, 6.45) is 0. The number of methoxy groups -OCH3 is 1. The van der Waals surface area contributed by atoms with E-state index < -0.39 is 0 Å². The smallest absolute Gasteiger partial charge is 0.184 e. The number of carbonyl (C=O) groups is 1. The van der Waals surface area contributed by atoms with Crippen molar-refractivity contribution in [3.05, 3.63) is 0 Å². The fourth-order valence-electron chi connectivity index (χ4n) is 0.491. The normalized spacial score (nSPS) is 8.55. The summed E-state index contributed by atoms with van der Waals surface area (Å²) in [5.74, 6) is 5.27. The predicted octanol–water partition coefficient (Wildman–Crippen LogP) is 0.242. The summed E-state index contributed by atoms with van der Waals surface area (Å²) >= 11 is 0. The monoisotopic (exact) mass is 156 g/mol. The highest BCUT2D eigenvalue weighted by Crippen LogP contribution is 1.77. The minimum absolute atomic E-state index is 0.0644. The first-order valence-electron chi connectivity index (χ1n) is 3.29. The van der Waals surface area contributed by atoms with Gasteiger partial charge in [0.1, 0.15) is 19.8 Å². The molecule has 0 radical (unpaired) electrons. The standard InChI is InChI=1S/C8H12O3/c1-3-4-5-11-7-8(9)6-10-2/h5-7H2,1-2H3. The lowest BCUT2D eigenvalue weighted by atomic mass is 10.4. The summed E-state index contributed by atoms with van der Waals surface area (Å²) in [4.78, 5) is 10.7. The number of rotatable bonds is 5. The summed E-state index contributed by atoms with van der Waals surface area (Å²) in [6, 6.07) is 0. The van der Waals surface area contributed by atoms with Crippen molar-refractivity contribution >= 4 is 5.78 Å². The minimum Gasteiger partial charge on any atom is -0.377 e. The molecule has 0 aromatic heterocycles. The Balaban J connectivity index is 3.22. The quantitative estimate of drug-likeness (QED) is 0.422. The maximum absolute atomic E-state index is 10.7. The first-order chi connectivity index (χ1) is 5.31. The Morgan fingerprint density at radius 2 is 2.18 bits per heavy atom. The second kappa shape index (κ2) is 7.26. The van der Waals surface area contributed by atoms with Crippen LogP contribution in [0.2, 0.25) is 0 Å². The van der Waals surface area contributed by atoms with E-state index in [2.05, 4.69) is 16.6 Å². The lowest BCUT2D eigenvalue weighted by Crippen LogP contribution is -2.14. The van der Waals surface area contributed by atoms with Crippen LogP contribution >= 0.6 is 0 Å². The molecule has 0 fully saturated rings. The zero-order valence-electron chi connectivity index (χ0n) is 6.85. The first kappa shape index (κ1) is 10.2. The highest BCUT2D eigenvalue weighted by Gasteiger charge is 1.98. The van der Waals surface area contributed by atoms with Crippen LogP contribution in [0, 0.1) is 11.8 Å². The molecule has 0 amide bonds. The molecular formula is C8H12O3. The summed E-state index contributed by atoms with van der Waals surface area (Å²) in [5, 5.41) is 0. The van der Waals surface area contributed by atoms with Crippen LogP contribution in [0.4, 0.5) is 0 Å². The first-order valence-corrected chi connectivity index (χ1v) is 3.29. The predicted molar refractivity (Wildman–Crippen MR) is 41.2 cm³/mol. The van der Waals surface area contributed by atoms with E-state index in [1.807, 2.05) is 0 Å². The van der Waals surface area contributed by atoms with E-state index in [0.29, 0.717) is 6.61 Å². The van der Waals surface area contributed by atoms with E-state index in [1.54, 1.807) is 6.92 Å². The fourth-order valence-corrected chi connectivity index (χ4v) is 0.491. The van der Waals surface area contributed by atoms with Crippen LogP contribution in [0.15, 0.2) is 0 Å². The molecule has 3 heteroatoms.